The fourth-order valence-electron chi connectivity index (χ4n) is 3.95. The standard InChI is InChI=1S/C27H21NO5S/c1-16(29)23-13-19-11-12-28-24(25(19)34-23)22(27(31)32)14-21(26(28)30)18-7-9-20(10-8-18)33-15-17-5-3-2-4-6-17/h2-14,16,29H,15H2,1H3,(H,31,32). The van der Waals surface area contributed by atoms with Crippen molar-refractivity contribution in [3.8, 4) is 16.9 Å². The molecule has 0 spiro atoms. The molecule has 2 aromatic carbocycles. The summed E-state index contributed by atoms with van der Waals surface area (Å²) in [5.41, 5.74) is 1.99. The lowest BCUT2D eigenvalue weighted by atomic mass is 10.0. The highest BCUT2D eigenvalue weighted by atomic mass is 32.1. The smallest absolute Gasteiger partial charge is 0.337 e. The van der Waals surface area contributed by atoms with Crippen molar-refractivity contribution in [2.45, 2.75) is 19.6 Å². The number of ether oxygens (including phenoxy) is 1. The monoisotopic (exact) mass is 471 g/mol. The molecule has 170 valence electrons. The Kier molecular flexibility index (Phi) is 5.65. The summed E-state index contributed by atoms with van der Waals surface area (Å²) < 4.78 is 7.85. The van der Waals surface area contributed by atoms with E-state index < -0.39 is 12.1 Å². The summed E-state index contributed by atoms with van der Waals surface area (Å²) in [5, 5.41) is 20.7. The minimum atomic E-state index is -1.12. The number of carboxylic acids is 1. The molecule has 1 atom stereocenters. The third-order valence-electron chi connectivity index (χ3n) is 5.69. The quantitative estimate of drug-likeness (QED) is 0.341. The SMILES string of the molecule is CC(O)c1cc2ccn3c(=O)c(-c4ccc(OCc5ccccc5)cc4)cc(C(=O)O)c3c2s1. The molecule has 1 unspecified atom stereocenters. The fourth-order valence-corrected chi connectivity index (χ4v) is 5.09. The Morgan fingerprint density at radius 3 is 2.47 bits per heavy atom. The lowest BCUT2D eigenvalue weighted by molar-refractivity contribution is 0.0698. The number of aromatic nitrogens is 1. The number of carboxylic acid groups (broad SMARTS) is 1. The van der Waals surface area contributed by atoms with Crippen molar-refractivity contribution in [1.82, 2.24) is 4.40 Å². The van der Waals surface area contributed by atoms with Crippen LogP contribution in [0.15, 0.2) is 83.8 Å². The van der Waals surface area contributed by atoms with Crippen LogP contribution in [0, 0.1) is 0 Å². The highest BCUT2D eigenvalue weighted by Gasteiger charge is 2.20. The van der Waals surface area contributed by atoms with Crippen LogP contribution in [0.3, 0.4) is 0 Å². The predicted molar refractivity (Wildman–Crippen MR) is 133 cm³/mol. The zero-order chi connectivity index (χ0) is 23.8. The normalized spacial score (nSPS) is 12.2. The Bertz CT molecular complexity index is 1570. The average molecular weight is 472 g/mol. The molecule has 0 aliphatic rings. The summed E-state index contributed by atoms with van der Waals surface area (Å²) in [6.45, 7) is 2.08. The van der Waals surface area contributed by atoms with E-state index in [1.54, 1.807) is 43.5 Å². The molecule has 0 aliphatic heterocycles. The lowest BCUT2D eigenvalue weighted by Crippen LogP contribution is -2.18. The molecule has 34 heavy (non-hydrogen) atoms. The van der Waals surface area contributed by atoms with Crippen LogP contribution in [0.25, 0.3) is 26.7 Å². The summed E-state index contributed by atoms with van der Waals surface area (Å²) >= 11 is 1.29. The van der Waals surface area contributed by atoms with Gasteiger partial charge in [-0.25, -0.2) is 4.79 Å². The molecule has 6 nitrogen and oxygen atoms in total. The average Bonchev–Trinajstić information content (AvgIpc) is 3.29. The Hall–Kier alpha value is -3.94. The first-order valence-electron chi connectivity index (χ1n) is 10.7. The van der Waals surface area contributed by atoms with Gasteiger partial charge in [-0.05, 0) is 53.8 Å². The van der Waals surface area contributed by atoms with E-state index in [0.29, 0.717) is 33.0 Å². The van der Waals surface area contributed by atoms with Crippen LogP contribution >= 0.6 is 11.3 Å². The van der Waals surface area contributed by atoms with Gasteiger partial charge in [-0.2, -0.15) is 0 Å². The molecule has 0 amide bonds. The van der Waals surface area contributed by atoms with E-state index in [4.69, 9.17) is 4.74 Å². The third kappa shape index (κ3) is 3.96. The van der Waals surface area contributed by atoms with Crippen molar-refractivity contribution in [3.63, 3.8) is 0 Å². The molecule has 5 aromatic rings. The maximum atomic E-state index is 13.4. The van der Waals surface area contributed by atoms with Gasteiger partial charge >= 0.3 is 5.97 Å². The van der Waals surface area contributed by atoms with E-state index in [-0.39, 0.29) is 16.7 Å². The third-order valence-corrected chi connectivity index (χ3v) is 7.02. The Morgan fingerprint density at radius 1 is 1.06 bits per heavy atom. The Balaban J connectivity index is 1.57. The van der Waals surface area contributed by atoms with Gasteiger partial charge in [0.1, 0.15) is 12.4 Å². The molecule has 7 heteroatoms. The number of hydrogen-bond donors (Lipinski definition) is 2. The Morgan fingerprint density at radius 2 is 1.79 bits per heavy atom. The van der Waals surface area contributed by atoms with E-state index in [0.717, 1.165) is 10.9 Å². The minimum absolute atomic E-state index is 0.0311. The molecule has 2 N–H and O–H groups in total. The second kappa shape index (κ2) is 8.78. The number of aliphatic hydroxyl groups is 1. The van der Waals surface area contributed by atoms with Gasteiger partial charge in [0.05, 0.1) is 21.9 Å². The van der Waals surface area contributed by atoms with Crippen molar-refractivity contribution >= 4 is 32.9 Å². The van der Waals surface area contributed by atoms with Gasteiger partial charge in [0.2, 0.25) is 0 Å². The van der Waals surface area contributed by atoms with Gasteiger partial charge in [-0.15, -0.1) is 11.3 Å². The molecular weight excluding hydrogens is 450 g/mol. The molecule has 3 aromatic heterocycles. The molecule has 0 radical (unpaired) electrons. The van der Waals surface area contributed by atoms with Crippen molar-refractivity contribution in [1.29, 1.82) is 0 Å². The molecule has 0 saturated heterocycles. The van der Waals surface area contributed by atoms with Crippen molar-refractivity contribution < 1.29 is 19.7 Å². The number of thiophene rings is 1. The number of carbonyl (C=O) groups is 1. The summed E-state index contributed by atoms with van der Waals surface area (Å²) in [6, 6.07) is 21.9. The highest BCUT2D eigenvalue weighted by Crippen LogP contribution is 2.34. The largest absolute Gasteiger partial charge is 0.489 e. The number of hydrogen-bond acceptors (Lipinski definition) is 5. The van der Waals surface area contributed by atoms with Crippen LogP contribution in [0.2, 0.25) is 0 Å². The van der Waals surface area contributed by atoms with Crippen molar-refractivity contribution in [2.75, 3.05) is 0 Å². The predicted octanol–water partition coefficient (Wildman–Crippen LogP) is 5.51. The summed E-state index contributed by atoms with van der Waals surface area (Å²) in [7, 11) is 0. The molecule has 0 fully saturated rings. The molecule has 5 rings (SSSR count). The summed E-state index contributed by atoms with van der Waals surface area (Å²) in [6.07, 6.45) is 0.908. The van der Waals surface area contributed by atoms with Gasteiger partial charge in [-0.3, -0.25) is 9.20 Å². The first-order valence-corrected chi connectivity index (χ1v) is 11.5. The molecule has 0 bridgehead atoms. The molecule has 3 heterocycles. The van der Waals surface area contributed by atoms with Crippen molar-refractivity contribution in [3.05, 3.63) is 105 Å². The minimum Gasteiger partial charge on any atom is -0.489 e. The summed E-state index contributed by atoms with van der Waals surface area (Å²) in [4.78, 5) is 26.3. The van der Waals surface area contributed by atoms with E-state index in [1.807, 2.05) is 36.4 Å². The van der Waals surface area contributed by atoms with E-state index in [9.17, 15) is 19.8 Å². The van der Waals surface area contributed by atoms with Crippen LogP contribution in [0.4, 0.5) is 0 Å². The first-order chi connectivity index (χ1) is 16.4. The highest BCUT2D eigenvalue weighted by molar-refractivity contribution is 7.20. The maximum absolute atomic E-state index is 13.4. The number of pyridine rings is 2. The van der Waals surface area contributed by atoms with E-state index in [1.165, 1.54) is 21.8 Å². The maximum Gasteiger partial charge on any atom is 0.337 e. The zero-order valence-corrected chi connectivity index (χ0v) is 19.1. The van der Waals surface area contributed by atoms with Crippen LogP contribution in [-0.2, 0) is 6.61 Å². The van der Waals surface area contributed by atoms with Gasteiger partial charge in [0.25, 0.3) is 5.56 Å². The number of nitrogens with zero attached hydrogens (tertiary/aromatic N) is 1. The van der Waals surface area contributed by atoms with Crippen LogP contribution in [-0.4, -0.2) is 20.6 Å². The van der Waals surface area contributed by atoms with Gasteiger partial charge in [-0.1, -0.05) is 42.5 Å². The number of rotatable bonds is 6. The summed E-state index contributed by atoms with van der Waals surface area (Å²) in [5.74, 6) is -0.473. The van der Waals surface area contributed by atoms with E-state index >= 15 is 0 Å². The van der Waals surface area contributed by atoms with Gasteiger partial charge in [0, 0.05) is 16.6 Å². The fraction of sp³-hybridized carbons (Fsp3) is 0.111. The number of aliphatic hydroxyl groups excluding tert-OH is 1. The zero-order valence-electron chi connectivity index (χ0n) is 18.3. The lowest BCUT2D eigenvalue weighted by Gasteiger charge is -2.11. The van der Waals surface area contributed by atoms with Crippen LogP contribution in [0.1, 0.15) is 33.8 Å². The van der Waals surface area contributed by atoms with Gasteiger partial charge in [0.15, 0.2) is 0 Å². The van der Waals surface area contributed by atoms with Crippen LogP contribution in [0.5, 0.6) is 5.75 Å². The topological polar surface area (TPSA) is 88.2 Å². The van der Waals surface area contributed by atoms with E-state index in [2.05, 4.69) is 0 Å². The van der Waals surface area contributed by atoms with Gasteiger partial charge < -0.3 is 14.9 Å². The number of aromatic carboxylic acids is 1. The molecule has 0 saturated carbocycles. The second-order valence-corrected chi connectivity index (χ2v) is 9.11. The number of benzene rings is 2. The van der Waals surface area contributed by atoms with Crippen molar-refractivity contribution in [2.24, 2.45) is 0 Å². The van der Waals surface area contributed by atoms with Crippen LogP contribution < -0.4 is 10.3 Å². The molecular formula is C27H21NO5S. The first kappa shape index (κ1) is 21.9. The number of fused-ring (bicyclic) bond motifs is 3. The molecule has 0 aliphatic carbocycles. The Labute approximate surface area is 198 Å². The second-order valence-electron chi connectivity index (χ2n) is 8.02.